The Morgan fingerprint density at radius 3 is 2.67 bits per heavy atom. The van der Waals surface area contributed by atoms with Crippen molar-refractivity contribution in [1.29, 1.82) is 0 Å². The molecule has 9 nitrogen and oxygen atoms in total. The van der Waals surface area contributed by atoms with Crippen LogP contribution in [0.25, 0.3) is 0 Å². The highest BCUT2D eigenvalue weighted by Crippen LogP contribution is 2.32. The van der Waals surface area contributed by atoms with Crippen LogP contribution in [0.15, 0.2) is 21.6 Å². The molecule has 0 radical (unpaired) electrons. The van der Waals surface area contributed by atoms with Crippen LogP contribution in [0, 0.1) is 6.92 Å². The van der Waals surface area contributed by atoms with E-state index in [1.807, 2.05) is 11.5 Å². The second-order valence-corrected chi connectivity index (χ2v) is 10.6. The van der Waals surface area contributed by atoms with Gasteiger partial charge in [0.25, 0.3) is 15.9 Å². The van der Waals surface area contributed by atoms with Crippen LogP contribution in [0.3, 0.4) is 0 Å². The van der Waals surface area contributed by atoms with Crippen LogP contribution < -0.4 is 5.48 Å². The molecule has 1 fully saturated rings. The van der Waals surface area contributed by atoms with Gasteiger partial charge in [-0.1, -0.05) is 6.42 Å². The Bertz CT molecular complexity index is 1040. The van der Waals surface area contributed by atoms with E-state index in [1.165, 1.54) is 21.7 Å². The van der Waals surface area contributed by atoms with Crippen LogP contribution in [-0.2, 0) is 23.0 Å². The van der Waals surface area contributed by atoms with E-state index in [0.717, 1.165) is 29.7 Å². The molecule has 0 bridgehead atoms. The van der Waals surface area contributed by atoms with Crippen molar-refractivity contribution in [3.63, 3.8) is 0 Å². The summed E-state index contributed by atoms with van der Waals surface area (Å²) in [7, 11) is -3.75. The Morgan fingerprint density at radius 1 is 1.23 bits per heavy atom. The van der Waals surface area contributed by atoms with Gasteiger partial charge in [0.1, 0.15) is 5.76 Å². The number of hydrogen-bond donors (Lipinski definition) is 3. The number of amides is 1. The number of aliphatic hydroxyl groups is 1. The van der Waals surface area contributed by atoms with Crippen molar-refractivity contribution in [2.75, 3.05) is 19.6 Å². The number of aryl methyl sites for hydroxylation is 1. The lowest BCUT2D eigenvalue weighted by molar-refractivity contribution is 0.00287. The van der Waals surface area contributed by atoms with E-state index in [-0.39, 0.29) is 22.3 Å². The molecule has 3 N–H and O–H groups in total. The molecule has 2 aromatic rings. The molecular weight excluding hydrogens is 430 g/mol. The fourth-order valence-electron chi connectivity index (χ4n) is 3.91. The number of carbonyl (C=O) groups is 1. The molecule has 4 heterocycles. The summed E-state index contributed by atoms with van der Waals surface area (Å²) >= 11 is 1.32. The molecule has 0 aromatic carbocycles. The number of fused-ring (bicyclic) bond motifs is 1. The molecule has 1 atom stereocenters. The molecule has 30 heavy (non-hydrogen) atoms. The SMILES string of the molecule is Cc1oc(S(=O)(=O)N2CCCCC2)cc1C(=O)N1CCc2cc(C(O)NO)sc2C1. The summed E-state index contributed by atoms with van der Waals surface area (Å²) in [6, 6.07) is 3.17. The number of piperidine rings is 1. The van der Waals surface area contributed by atoms with E-state index in [1.54, 1.807) is 11.8 Å². The summed E-state index contributed by atoms with van der Waals surface area (Å²) in [4.78, 5) is 16.3. The predicted molar refractivity (Wildman–Crippen MR) is 109 cm³/mol. The van der Waals surface area contributed by atoms with Crippen LogP contribution in [0.4, 0.5) is 0 Å². The number of hydrogen-bond acceptors (Lipinski definition) is 8. The van der Waals surface area contributed by atoms with Gasteiger partial charge < -0.3 is 19.6 Å². The van der Waals surface area contributed by atoms with E-state index in [2.05, 4.69) is 0 Å². The molecule has 0 saturated carbocycles. The first-order valence-corrected chi connectivity index (χ1v) is 12.2. The minimum absolute atomic E-state index is 0.182. The lowest BCUT2D eigenvalue weighted by Gasteiger charge is -2.26. The molecule has 1 unspecified atom stereocenters. The topological polar surface area (TPSA) is 123 Å². The molecule has 0 aliphatic carbocycles. The third kappa shape index (κ3) is 3.93. The molecule has 1 saturated heterocycles. The molecule has 164 valence electrons. The number of hydroxylamine groups is 1. The average molecular weight is 456 g/mol. The molecule has 4 rings (SSSR count). The number of nitrogens with zero attached hydrogens (tertiary/aromatic N) is 2. The zero-order valence-corrected chi connectivity index (χ0v) is 18.3. The summed E-state index contributed by atoms with van der Waals surface area (Å²) in [5, 5.41) is 18.5. The second-order valence-electron chi connectivity index (χ2n) is 7.61. The monoisotopic (exact) mass is 455 g/mol. The first kappa shape index (κ1) is 21.5. The zero-order valence-electron chi connectivity index (χ0n) is 16.6. The lowest BCUT2D eigenvalue weighted by Crippen LogP contribution is -2.36. The zero-order chi connectivity index (χ0) is 21.5. The van der Waals surface area contributed by atoms with Gasteiger partial charge in [0.2, 0.25) is 5.09 Å². The Balaban J connectivity index is 1.54. The minimum Gasteiger partial charge on any atom is -0.448 e. The first-order chi connectivity index (χ1) is 14.3. The number of aliphatic hydroxyl groups excluding tert-OH is 1. The fourth-order valence-corrected chi connectivity index (χ4v) is 6.56. The average Bonchev–Trinajstić information content (AvgIpc) is 3.36. The number of sulfonamides is 1. The van der Waals surface area contributed by atoms with Crippen LogP contribution in [0.5, 0.6) is 0 Å². The summed E-state index contributed by atoms with van der Waals surface area (Å²) in [6.45, 7) is 3.37. The molecule has 2 aliphatic rings. The van der Waals surface area contributed by atoms with Crippen LogP contribution >= 0.6 is 11.3 Å². The van der Waals surface area contributed by atoms with Gasteiger partial charge in [0, 0.05) is 30.6 Å². The van der Waals surface area contributed by atoms with E-state index < -0.39 is 16.3 Å². The third-order valence-electron chi connectivity index (χ3n) is 5.61. The van der Waals surface area contributed by atoms with E-state index in [0.29, 0.717) is 37.5 Å². The molecule has 0 spiro atoms. The normalized spacial score (nSPS) is 19.0. The molecular formula is C19H25N3O6S2. The number of rotatable bonds is 5. The van der Waals surface area contributed by atoms with Gasteiger partial charge in [0.15, 0.2) is 6.23 Å². The van der Waals surface area contributed by atoms with E-state index in [4.69, 9.17) is 9.62 Å². The highest BCUT2D eigenvalue weighted by Gasteiger charge is 2.33. The first-order valence-electron chi connectivity index (χ1n) is 9.90. The summed E-state index contributed by atoms with van der Waals surface area (Å²) in [6.07, 6.45) is 2.11. The van der Waals surface area contributed by atoms with Gasteiger partial charge in [0.05, 0.1) is 17.0 Å². The largest absolute Gasteiger partial charge is 0.448 e. The van der Waals surface area contributed by atoms with Gasteiger partial charge in [-0.05, 0) is 37.8 Å². The van der Waals surface area contributed by atoms with Crippen molar-refractivity contribution in [3.05, 3.63) is 38.8 Å². The molecule has 2 aromatic heterocycles. The van der Waals surface area contributed by atoms with Crippen molar-refractivity contribution in [2.45, 2.75) is 50.5 Å². The van der Waals surface area contributed by atoms with Gasteiger partial charge >= 0.3 is 0 Å². The fraction of sp³-hybridized carbons (Fsp3) is 0.526. The highest BCUT2D eigenvalue weighted by atomic mass is 32.2. The van der Waals surface area contributed by atoms with Gasteiger partial charge in [-0.25, -0.2) is 8.42 Å². The van der Waals surface area contributed by atoms with Crippen LogP contribution in [0.2, 0.25) is 0 Å². The van der Waals surface area contributed by atoms with Crippen molar-refractivity contribution >= 4 is 27.3 Å². The number of carbonyl (C=O) groups excluding carboxylic acids is 1. The predicted octanol–water partition coefficient (Wildman–Crippen LogP) is 1.99. The molecule has 1 amide bonds. The lowest BCUT2D eigenvalue weighted by atomic mass is 10.1. The second kappa shape index (κ2) is 8.40. The summed E-state index contributed by atoms with van der Waals surface area (Å²) in [5.74, 6) is 0.00549. The summed E-state index contributed by atoms with van der Waals surface area (Å²) in [5.41, 5.74) is 3.10. The maximum Gasteiger partial charge on any atom is 0.276 e. The number of thiophene rings is 1. The number of nitrogens with one attached hydrogen (secondary N) is 1. The van der Waals surface area contributed by atoms with Gasteiger partial charge in [-0.15, -0.1) is 11.3 Å². The summed E-state index contributed by atoms with van der Waals surface area (Å²) < 4.78 is 32.7. The van der Waals surface area contributed by atoms with Crippen molar-refractivity contribution in [1.82, 2.24) is 14.7 Å². The molecule has 2 aliphatic heterocycles. The maximum atomic E-state index is 13.1. The Hall–Kier alpha value is -1.76. The van der Waals surface area contributed by atoms with Gasteiger partial charge in [-0.3, -0.25) is 4.79 Å². The van der Waals surface area contributed by atoms with Crippen molar-refractivity contribution < 1.29 is 27.9 Å². The quantitative estimate of drug-likeness (QED) is 0.465. The Labute approximate surface area is 178 Å². The maximum absolute atomic E-state index is 13.1. The van der Waals surface area contributed by atoms with Gasteiger partial charge in [-0.2, -0.15) is 9.79 Å². The molecule has 11 heteroatoms. The standard InChI is InChI=1S/C19H25N3O6S2/c1-12-14(10-17(28-12)30(26,27)22-6-3-2-4-7-22)19(24)21-8-5-13-9-15(18(23)20-25)29-16(13)11-21/h9-10,18,20,23,25H,2-8,11H2,1H3. The number of furan rings is 1. The van der Waals surface area contributed by atoms with E-state index >= 15 is 0 Å². The van der Waals surface area contributed by atoms with Crippen molar-refractivity contribution in [2.24, 2.45) is 0 Å². The van der Waals surface area contributed by atoms with E-state index in [9.17, 15) is 18.3 Å². The Morgan fingerprint density at radius 2 is 1.97 bits per heavy atom. The minimum atomic E-state index is -3.75. The van der Waals surface area contributed by atoms with Crippen LogP contribution in [0.1, 0.15) is 56.9 Å². The van der Waals surface area contributed by atoms with Crippen molar-refractivity contribution in [3.8, 4) is 0 Å². The van der Waals surface area contributed by atoms with Crippen LogP contribution in [-0.4, -0.2) is 53.5 Å². The highest BCUT2D eigenvalue weighted by molar-refractivity contribution is 7.89. The smallest absolute Gasteiger partial charge is 0.276 e. The Kier molecular flexibility index (Phi) is 6.02. The third-order valence-corrected chi connectivity index (χ3v) is 8.58.